The maximum Gasteiger partial charge on any atom is 0.341 e. The first-order valence-electron chi connectivity index (χ1n) is 12.2. The Balaban J connectivity index is 1.91. The molecule has 0 aromatic heterocycles. The van der Waals surface area contributed by atoms with Crippen molar-refractivity contribution >= 4 is 10.5 Å². The third kappa shape index (κ3) is 7.13. The lowest BCUT2D eigenvalue weighted by molar-refractivity contribution is 0.0559. The molecule has 1 atom stereocenters. The Labute approximate surface area is 200 Å². The summed E-state index contributed by atoms with van der Waals surface area (Å²) in [4.78, 5) is 0. The van der Waals surface area contributed by atoms with Gasteiger partial charge in [0.1, 0.15) is 17.1 Å². The molecule has 3 radical (unpaired) electrons. The third-order valence-electron chi connectivity index (χ3n) is 6.95. The highest BCUT2D eigenvalue weighted by atomic mass is 28.2. The molecule has 1 aromatic carbocycles. The largest absolute Gasteiger partial charge is 0.540 e. The Kier molecular flexibility index (Phi) is 9.88. The molecule has 0 bridgehead atoms. The first-order valence-corrected chi connectivity index (χ1v) is 12.6. The van der Waals surface area contributed by atoms with Crippen molar-refractivity contribution in [2.24, 2.45) is 0 Å². The first-order chi connectivity index (χ1) is 15.1. The van der Waals surface area contributed by atoms with Gasteiger partial charge in [-0.3, -0.25) is 0 Å². The molecular formula is C29H43O2Si. The van der Waals surface area contributed by atoms with Crippen LogP contribution in [0.25, 0.3) is 0 Å². The van der Waals surface area contributed by atoms with Gasteiger partial charge in [0, 0.05) is 5.56 Å². The van der Waals surface area contributed by atoms with Crippen molar-refractivity contribution < 1.29 is 9.16 Å². The van der Waals surface area contributed by atoms with Crippen molar-refractivity contribution in [1.29, 1.82) is 0 Å². The summed E-state index contributed by atoms with van der Waals surface area (Å²) in [5, 5.41) is 0. The molecule has 2 nitrogen and oxygen atoms in total. The smallest absolute Gasteiger partial charge is 0.341 e. The summed E-state index contributed by atoms with van der Waals surface area (Å²) in [5.41, 5.74) is 9.15. The second-order valence-electron chi connectivity index (χ2n) is 10.2. The van der Waals surface area contributed by atoms with Gasteiger partial charge >= 0.3 is 10.5 Å². The molecule has 32 heavy (non-hydrogen) atoms. The molecule has 0 fully saturated rings. The van der Waals surface area contributed by atoms with E-state index in [1.165, 1.54) is 39.8 Å². The second-order valence-corrected chi connectivity index (χ2v) is 10.4. The lowest BCUT2D eigenvalue weighted by atomic mass is 9.85. The fourth-order valence-electron chi connectivity index (χ4n) is 4.57. The summed E-state index contributed by atoms with van der Waals surface area (Å²) in [6.45, 7) is 17.5. The molecule has 175 valence electrons. The van der Waals surface area contributed by atoms with E-state index in [1.807, 2.05) is 0 Å². The Morgan fingerprint density at radius 1 is 0.906 bits per heavy atom. The van der Waals surface area contributed by atoms with Crippen LogP contribution >= 0.6 is 0 Å². The van der Waals surface area contributed by atoms with E-state index in [0.717, 1.165) is 62.0 Å². The van der Waals surface area contributed by atoms with E-state index in [1.54, 1.807) is 0 Å². The van der Waals surface area contributed by atoms with Crippen LogP contribution in [0.3, 0.4) is 0 Å². The first kappa shape index (κ1) is 26.5. The highest BCUT2D eigenvalue weighted by Gasteiger charge is 2.34. The molecule has 3 heteroatoms. The summed E-state index contributed by atoms with van der Waals surface area (Å²) in [6, 6.07) is 0. The Hall–Kier alpha value is -1.74. The molecule has 0 saturated carbocycles. The zero-order valence-corrected chi connectivity index (χ0v) is 22.7. The van der Waals surface area contributed by atoms with Crippen LogP contribution in [0.4, 0.5) is 0 Å². The number of allylic oxidation sites excluding steroid dienone is 6. The normalized spacial score (nSPS) is 18.8. The Morgan fingerprint density at radius 3 is 2.09 bits per heavy atom. The Bertz CT molecular complexity index is 887. The highest BCUT2D eigenvalue weighted by molar-refractivity contribution is 6.00. The molecule has 0 amide bonds. The SMILES string of the molecule is CC(C)=CCC/C(C)=C/CC/C(C)=C/CC[C@@]1(C)CCc2c(C)c(O[Si])c(C)c(C)c2O1. The fraction of sp³-hybridized carbons (Fsp3) is 0.586. The van der Waals surface area contributed by atoms with Crippen molar-refractivity contribution in [2.45, 2.75) is 112 Å². The molecule has 1 aromatic rings. The van der Waals surface area contributed by atoms with E-state index in [4.69, 9.17) is 9.16 Å². The monoisotopic (exact) mass is 451 g/mol. The van der Waals surface area contributed by atoms with Crippen molar-refractivity contribution in [1.82, 2.24) is 0 Å². The zero-order valence-electron chi connectivity index (χ0n) is 21.7. The molecule has 1 heterocycles. The van der Waals surface area contributed by atoms with Crippen LogP contribution in [0.5, 0.6) is 11.5 Å². The van der Waals surface area contributed by atoms with Crippen LogP contribution in [0.1, 0.15) is 102 Å². The van der Waals surface area contributed by atoms with E-state index < -0.39 is 0 Å². The van der Waals surface area contributed by atoms with Crippen molar-refractivity contribution in [2.75, 3.05) is 0 Å². The fourth-order valence-corrected chi connectivity index (χ4v) is 4.88. The van der Waals surface area contributed by atoms with Crippen LogP contribution < -0.4 is 9.16 Å². The van der Waals surface area contributed by atoms with Gasteiger partial charge in [-0.05, 0) is 123 Å². The maximum absolute atomic E-state index is 6.65. The number of rotatable bonds is 10. The third-order valence-corrected chi connectivity index (χ3v) is 7.16. The minimum atomic E-state index is -0.106. The van der Waals surface area contributed by atoms with Crippen LogP contribution in [-0.4, -0.2) is 16.1 Å². The van der Waals surface area contributed by atoms with Crippen LogP contribution in [0.15, 0.2) is 34.9 Å². The lowest BCUT2D eigenvalue weighted by Gasteiger charge is -2.38. The van der Waals surface area contributed by atoms with Crippen LogP contribution in [0, 0.1) is 20.8 Å². The molecule has 0 spiro atoms. The van der Waals surface area contributed by atoms with E-state index in [0.29, 0.717) is 0 Å². The molecule has 0 aliphatic carbocycles. The average molecular weight is 452 g/mol. The van der Waals surface area contributed by atoms with E-state index in [-0.39, 0.29) is 5.60 Å². The standard InChI is InChI=1S/C29H43O2Si/c1-20(2)12-9-13-21(3)14-10-15-22(4)16-11-18-29(8)19-17-26-25(7)27(31-32)23(5)24(6)28(26)30-29/h12,14,16H,9-11,13,15,17-19H2,1-8H3/b21-14+,22-16+/t29-/m0/s1. The molecule has 1 aliphatic rings. The molecule has 2 rings (SSSR count). The van der Waals surface area contributed by atoms with E-state index in [9.17, 15) is 0 Å². The number of hydrogen-bond donors (Lipinski definition) is 0. The van der Waals surface area contributed by atoms with Gasteiger partial charge in [0.25, 0.3) is 0 Å². The zero-order chi connectivity index (χ0) is 23.9. The van der Waals surface area contributed by atoms with Gasteiger partial charge in [0.05, 0.1) is 0 Å². The highest BCUT2D eigenvalue weighted by Crippen LogP contribution is 2.44. The predicted octanol–water partition coefficient (Wildman–Crippen LogP) is 8.36. The van der Waals surface area contributed by atoms with Gasteiger partial charge in [0.2, 0.25) is 0 Å². The van der Waals surface area contributed by atoms with Crippen molar-refractivity contribution in [3.8, 4) is 11.5 Å². The molecule has 0 saturated heterocycles. The Morgan fingerprint density at radius 2 is 1.50 bits per heavy atom. The summed E-state index contributed by atoms with van der Waals surface area (Å²) in [5.74, 6) is 2.01. The summed E-state index contributed by atoms with van der Waals surface area (Å²) in [6.07, 6.45) is 16.0. The number of benzene rings is 1. The van der Waals surface area contributed by atoms with Gasteiger partial charge in [-0.2, -0.15) is 0 Å². The van der Waals surface area contributed by atoms with Crippen molar-refractivity contribution in [3.05, 3.63) is 57.2 Å². The van der Waals surface area contributed by atoms with Crippen LogP contribution in [0.2, 0.25) is 0 Å². The minimum Gasteiger partial charge on any atom is -0.540 e. The van der Waals surface area contributed by atoms with Gasteiger partial charge < -0.3 is 9.16 Å². The molecule has 0 N–H and O–H groups in total. The quantitative estimate of drug-likeness (QED) is 0.263. The van der Waals surface area contributed by atoms with Gasteiger partial charge in [-0.15, -0.1) is 0 Å². The van der Waals surface area contributed by atoms with Gasteiger partial charge in [-0.1, -0.05) is 34.9 Å². The van der Waals surface area contributed by atoms with Crippen molar-refractivity contribution in [3.63, 3.8) is 0 Å². The summed E-state index contributed by atoms with van der Waals surface area (Å²) in [7, 11) is 3.23. The maximum atomic E-state index is 6.65. The predicted molar refractivity (Wildman–Crippen MR) is 139 cm³/mol. The number of ether oxygens (including phenoxy) is 1. The number of hydrogen-bond acceptors (Lipinski definition) is 2. The number of fused-ring (bicyclic) bond motifs is 1. The van der Waals surface area contributed by atoms with Gasteiger partial charge in [0.15, 0.2) is 0 Å². The van der Waals surface area contributed by atoms with E-state index >= 15 is 0 Å². The van der Waals surface area contributed by atoms with Gasteiger partial charge in [-0.25, -0.2) is 0 Å². The molecule has 0 unspecified atom stereocenters. The average Bonchev–Trinajstić information content (AvgIpc) is 2.72. The minimum absolute atomic E-state index is 0.106. The molecule has 1 aliphatic heterocycles. The topological polar surface area (TPSA) is 18.5 Å². The van der Waals surface area contributed by atoms with E-state index in [2.05, 4.69) is 84.1 Å². The second kappa shape index (κ2) is 11.9. The van der Waals surface area contributed by atoms with Crippen LogP contribution in [-0.2, 0) is 6.42 Å². The summed E-state index contributed by atoms with van der Waals surface area (Å²) >= 11 is 0. The summed E-state index contributed by atoms with van der Waals surface area (Å²) < 4.78 is 12.1. The lowest BCUT2D eigenvalue weighted by Crippen LogP contribution is -2.37. The molecular weight excluding hydrogens is 408 g/mol.